The van der Waals surface area contributed by atoms with Gasteiger partial charge < -0.3 is 21.8 Å². The van der Waals surface area contributed by atoms with Crippen molar-refractivity contribution in [2.45, 2.75) is 181 Å². The number of aliphatic imine (C=N–C) groups is 1. The Morgan fingerprint density at radius 2 is 1.19 bits per heavy atom. The number of carbonyl (C=O) groups is 3. The molecule has 1 aliphatic heterocycles. The van der Waals surface area contributed by atoms with E-state index in [1.54, 1.807) is 29.4 Å². The predicted molar refractivity (Wildman–Crippen MR) is 278 cm³/mol. The third-order valence-electron chi connectivity index (χ3n) is 21.9. The van der Waals surface area contributed by atoms with Crippen molar-refractivity contribution in [1.29, 1.82) is 10.5 Å². The maximum absolute atomic E-state index is 13.6. The number of alkyl halides is 1. The van der Waals surface area contributed by atoms with Crippen LogP contribution in [0.2, 0.25) is 0 Å². The van der Waals surface area contributed by atoms with Crippen LogP contribution in [0.15, 0.2) is 29.0 Å². The molecule has 74 heavy (non-hydrogen) atoms. The Bertz CT molecular complexity index is 2280. The Labute approximate surface area is 538 Å². The topological polar surface area (TPSA) is 202 Å². The largest absolute Gasteiger partial charge is 1.00 e. The maximum atomic E-state index is 13.6. The van der Waals surface area contributed by atoms with E-state index in [1.165, 1.54) is 96.3 Å². The summed E-state index contributed by atoms with van der Waals surface area (Å²) in [4.78, 5) is 41.5. The molecule has 2 heterocycles. The number of hydrogen-bond acceptors (Lipinski definition) is 11. The number of halogens is 1. The van der Waals surface area contributed by atoms with Crippen molar-refractivity contribution < 1.29 is 139 Å². The van der Waals surface area contributed by atoms with Crippen LogP contribution in [0.3, 0.4) is 0 Å². The van der Waals surface area contributed by atoms with Gasteiger partial charge >= 0.3 is 103 Å². The summed E-state index contributed by atoms with van der Waals surface area (Å²) in [7, 11) is 0. The zero-order chi connectivity index (χ0) is 50.5. The first-order valence-electron chi connectivity index (χ1n) is 27.8. The van der Waals surface area contributed by atoms with E-state index in [1.807, 2.05) is 13.0 Å². The van der Waals surface area contributed by atoms with Crippen LogP contribution in [-0.4, -0.2) is 67.3 Å². The molecule has 0 radical (unpaired) electrons. The van der Waals surface area contributed by atoms with E-state index in [0.717, 1.165) is 97.2 Å². The molecule has 18 atom stereocenters. The summed E-state index contributed by atoms with van der Waals surface area (Å²) in [6.07, 6.45) is 31.2. The molecule has 0 amide bonds. The van der Waals surface area contributed by atoms with Gasteiger partial charge in [0.2, 0.25) is 0 Å². The number of rotatable bonds is 8. The summed E-state index contributed by atoms with van der Waals surface area (Å²) in [5.74, 6) is 12.4. The molecule has 10 saturated carbocycles. The van der Waals surface area contributed by atoms with E-state index >= 15 is 0 Å². The van der Waals surface area contributed by atoms with Crippen LogP contribution in [0, 0.1) is 128 Å². The minimum absolute atomic E-state index is 0. The summed E-state index contributed by atoms with van der Waals surface area (Å²) in [6.45, 7) is 9.87. The average molecular weight is 1140 g/mol. The fourth-order valence-corrected chi connectivity index (χ4v) is 19.2. The fraction of sp³-hybridized carbons (Fsp3) is 0.814. The standard InChI is InChI=1S/C28H39N3O2.C24H37BrO2.C5H4N2.CH2O3.CH4.2K.H/c1-27(33)9-7-20-19(12-27)5-6-22-21(20)8-10-28(2)24(11-23(26(22)28)18-3-4-18)25(32)16-31-15-17(13-29)14-30-31;1-23(27)9-7-16-15(12-23)5-6-18-17(16)8-10-24(2)20(21(26)13-25)11-19(22(18)24)14-3-4-14;6-3-5-1-2-7-4-5;2-1-4-3;;;;/h14-15,18-24,26,33H,3-12,16H2,1-2H3;14-20,22,27H,3-13H2,1-2H3;1,4H,2H2;1,3H;1H4;;;/q;;;;;2*+1;-1/p-1/t19-,20+,21-,22-,23+,24-,26-,27-,28-;15-,16+,17-,18-,19+,20-,22-,23-,24-;;;;;;/m11....../s1. The van der Waals surface area contributed by atoms with Gasteiger partial charge in [-0.05, 0) is 242 Å². The number of fused-ring (bicyclic) bond motifs is 10. The third kappa shape index (κ3) is 13.3. The van der Waals surface area contributed by atoms with E-state index in [2.05, 4.69) is 57.7 Å². The van der Waals surface area contributed by atoms with E-state index < -0.39 is 11.2 Å². The zero-order valence-corrected chi connectivity index (χ0v) is 52.8. The molecule has 0 unspecified atom stereocenters. The van der Waals surface area contributed by atoms with Gasteiger partial charge in [0, 0.05) is 24.2 Å². The van der Waals surface area contributed by atoms with E-state index in [0.29, 0.717) is 64.8 Å². The van der Waals surface area contributed by atoms with Crippen LogP contribution >= 0.6 is 15.9 Å². The molecule has 12 rings (SSSR count). The van der Waals surface area contributed by atoms with Crippen LogP contribution in [0.5, 0.6) is 0 Å². The zero-order valence-electron chi connectivity index (χ0n) is 45.9. The quantitative estimate of drug-likeness (QED) is 0.124. The van der Waals surface area contributed by atoms with Gasteiger partial charge in [0.25, 0.3) is 6.47 Å². The number of allylic oxidation sites excluding steroid dienone is 1. The summed E-state index contributed by atoms with van der Waals surface area (Å²) in [6, 6.07) is 4.10. The molecule has 1 aromatic heterocycles. The second kappa shape index (κ2) is 26.3. The number of carbonyl (C=O) groups excluding carboxylic acids is 3. The molecule has 15 heteroatoms. The Kier molecular flexibility index (Phi) is 22.5. The van der Waals surface area contributed by atoms with Gasteiger partial charge in [-0.25, -0.2) is 0 Å². The number of Topliss-reactive ketones (excluding diaryl/α,β-unsaturated/α-hetero) is 2. The minimum Gasteiger partial charge on any atom is -1.00 e. The second-order valence-corrected chi connectivity index (χ2v) is 26.5. The first-order chi connectivity index (χ1) is 34.0. The van der Waals surface area contributed by atoms with Gasteiger partial charge in [0.15, 0.2) is 5.78 Å². The summed E-state index contributed by atoms with van der Waals surface area (Å²) in [5.41, 5.74) is 0.693. The molecule has 10 fully saturated rings. The van der Waals surface area contributed by atoms with Crippen molar-refractivity contribution in [3.8, 4) is 12.1 Å². The molecular weight excluding hydrogens is 1050 g/mol. The molecule has 10 aliphatic carbocycles. The number of nitriles is 2. The maximum Gasteiger partial charge on any atom is 1.00 e. The van der Waals surface area contributed by atoms with Crippen LogP contribution < -0.4 is 108 Å². The van der Waals surface area contributed by atoms with Crippen molar-refractivity contribution >= 4 is 40.2 Å². The fourth-order valence-electron chi connectivity index (χ4n) is 18.8. The number of ketones is 2. The molecular formula is C59H86BrK2N5O7. The second-order valence-electron chi connectivity index (χ2n) is 25.9. The normalized spacial score (nSPS) is 42.6. The van der Waals surface area contributed by atoms with Crippen molar-refractivity contribution in [3.63, 3.8) is 0 Å². The van der Waals surface area contributed by atoms with Crippen LogP contribution in [0.4, 0.5) is 0 Å². The molecule has 12 nitrogen and oxygen atoms in total. The molecule has 2 N–H and O–H groups in total. The van der Waals surface area contributed by atoms with E-state index in [9.17, 15) is 19.8 Å². The van der Waals surface area contributed by atoms with Crippen LogP contribution in [0.1, 0.15) is 171 Å². The predicted octanol–water partition coefficient (Wildman–Crippen LogP) is 4.30. The molecule has 0 aromatic carbocycles. The summed E-state index contributed by atoms with van der Waals surface area (Å²) < 4.78 is 1.68. The first-order valence-corrected chi connectivity index (χ1v) is 28.9. The van der Waals surface area contributed by atoms with Crippen molar-refractivity contribution in [2.24, 2.45) is 111 Å². The number of aliphatic hydroxyl groups is 2. The first kappa shape index (κ1) is 63.2. The van der Waals surface area contributed by atoms with Gasteiger partial charge in [0.1, 0.15) is 17.9 Å². The summed E-state index contributed by atoms with van der Waals surface area (Å²) >= 11 is 3.49. The Balaban J connectivity index is 0.000000223. The summed E-state index contributed by atoms with van der Waals surface area (Å²) in [5, 5.41) is 51.8. The van der Waals surface area contributed by atoms with Crippen LogP contribution in [0.25, 0.3) is 0 Å². The SMILES string of the molecule is C.C[C@@]1(O)CC[C@H]2[C@H](CC[C@@H]3[C@@H]2CC[C@@]2(C)[C@H]3[C@H](C3CC3)C[C@@H]2C(=O)CBr)C1.C[C@@]1(O)CC[C@H]2[C@H](CC[C@@H]3[C@@H]2CC[C@@]2(C)[C@H]3[C@H](C3CC3)C[C@@H]2C(=O)Cn2cc(C#N)cn2)C1.N#CC1=CCN=C1.O=CO[O-].[H-].[K+].[K+]. The van der Waals surface area contributed by atoms with Gasteiger partial charge in [-0.2, -0.15) is 15.6 Å². The molecule has 11 aliphatic rings. The van der Waals surface area contributed by atoms with Crippen LogP contribution in [-0.2, 0) is 25.8 Å². The van der Waals surface area contributed by atoms with Gasteiger partial charge in [-0.1, -0.05) is 37.2 Å². The molecule has 1 aromatic rings. The van der Waals surface area contributed by atoms with Crippen molar-refractivity contribution in [2.75, 3.05) is 11.9 Å². The smallest absolute Gasteiger partial charge is 1.00 e. The Morgan fingerprint density at radius 1 is 0.730 bits per heavy atom. The Hall–Kier alpha value is 0.0427. The van der Waals surface area contributed by atoms with E-state index in [-0.39, 0.29) is 135 Å². The third-order valence-corrected chi connectivity index (χ3v) is 22.4. The number of nitrogens with zero attached hydrogens (tertiary/aromatic N) is 5. The van der Waals surface area contributed by atoms with Crippen molar-refractivity contribution in [3.05, 3.63) is 29.6 Å². The Morgan fingerprint density at radius 3 is 1.57 bits per heavy atom. The number of hydrogen-bond donors (Lipinski definition) is 2. The minimum atomic E-state index is -0.462. The van der Waals surface area contributed by atoms with Gasteiger partial charge in [-0.15, -0.1) is 0 Å². The van der Waals surface area contributed by atoms with E-state index in [4.69, 9.17) is 20.6 Å². The molecule has 0 spiro atoms. The molecule has 398 valence electrons. The monoisotopic (exact) mass is 1130 g/mol. The molecule has 0 bridgehead atoms. The average Bonchev–Trinajstić information content (AvgIpc) is 4.21. The number of aromatic nitrogens is 2. The molecule has 0 saturated heterocycles. The van der Waals surface area contributed by atoms with Gasteiger partial charge in [0.05, 0.1) is 47.0 Å². The van der Waals surface area contributed by atoms with Crippen molar-refractivity contribution in [1.82, 2.24) is 9.78 Å². The van der Waals surface area contributed by atoms with Gasteiger partial charge in [-0.3, -0.25) is 24.1 Å².